The van der Waals surface area contributed by atoms with Crippen LogP contribution in [-0.2, 0) is 10.0 Å². The van der Waals surface area contributed by atoms with Gasteiger partial charge in [0.2, 0.25) is 10.0 Å². The highest BCUT2D eigenvalue weighted by Gasteiger charge is 2.45. The number of carbonyl (C=O) groups is 1. The molecule has 2 bridgehead atoms. The van der Waals surface area contributed by atoms with Gasteiger partial charge in [-0.05, 0) is 62.1 Å². The first kappa shape index (κ1) is 20.0. The van der Waals surface area contributed by atoms with Crippen LogP contribution in [0.1, 0.15) is 42.5 Å². The fourth-order valence-corrected chi connectivity index (χ4v) is 6.45. The van der Waals surface area contributed by atoms with Crippen molar-refractivity contribution in [2.75, 3.05) is 0 Å². The van der Waals surface area contributed by atoms with Crippen LogP contribution in [0.15, 0.2) is 53.4 Å². The van der Waals surface area contributed by atoms with E-state index in [0.717, 1.165) is 12.5 Å². The second-order valence-corrected chi connectivity index (χ2v) is 9.46. The van der Waals surface area contributed by atoms with Gasteiger partial charge in [0, 0.05) is 23.7 Å². The number of benzene rings is 2. The molecule has 2 saturated heterocycles. The lowest BCUT2D eigenvalue weighted by atomic mass is 9.84. The second-order valence-electron chi connectivity index (χ2n) is 7.65. The average Bonchev–Trinajstić information content (AvgIpc) is 2.68. The fourth-order valence-electron chi connectivity index (χ4n) is 4.49. The molecule has 0 unspecified atom stereocenters. The van der Waals surface area contributed by atoms with Crippen molar-refractivity contribution in [3.63, 3.8) is 0 Å². The quantitative estimate of drug-likeness (QED) is 0.824. The number of sulfonamides is 1. The second kappa shape index (κ2) is 7.84. The van der Waals surface area contributed by atoms with E-state index in [4.69, 9.17) is 0 Å². The van der Waals surface area contributed by atoms with E-state index in [9.17, 15) is 22.0 Å². The molecule has 0 radical (unpaired) electrons. The summed E-state index contributed by atoms with van der Waals surface area (Å²) in [5.41, 5.74) is 0.359. The fraction of sp³-hybridized carbons (Fsp3) is 0.381. The Kier molecular flexibility index (Phi) is 5.40. The molecule has 154 valence electrons. The lowest BCUT2D eigenvalue weighted by molar-refractivity contribution is 0.0796. The molecule has 4 rings (SSSR count). The lowest BCUT2D eigenvalue weighted by Crippen LogP contribution is -2.58. The topological polar surface area (TPSA) is 66.5 Å². The van der Waals surface area contributed by atoms with Gasteiger partial charge in [0.1, 0.15) is 16.5 Å². The molecule has 0 spiro atoms. The Morgan fingerprint density at radius 3 is 2.21 bits per heavy atom. The number of nitrogens with zero attached hydrogens (tertiary/aromatic N) is 1. The van der Waals surface area contributed by atoms with Gasteiger partial charge in [0.25, 0.3) is 5.91 Å². The number of fused-ring (bicyclic) bond motifs is 2. The van der Waals surface area contributed by atoms with E-state index in [0.29, 0.717) is 31.2 Å². The van der Waals surface area contributed by atoms with Crippen molar-refractivity contribution in [2.24, 2.45) is 0 Å². The Labute approximate surface area is 168 Å². The smallest absolute Gasteiger partial charge is 0.251 e. The van der Waals surface area contributed by atoms with Crippen LogP contribution in [0.4, 0.5) is 8.78 Å². The Morgan fingerprint density at radius 2 is 1.59 bits per heavy atom. The molecule has 2 aromatic carbocycles. The maximum absolute atomic E-state index is 14.2. The Bertz CT molecular complexity index is 997. The van der Waals surface area contributed by atoms with E-state index in [1.807, 2.05) is 0 Å². The van der Waals surface area contributed by atoms with Gasteiger partial charge in [-0.3, -0.25) is 4.79 Å². The van der Waals surface area contributed by atoms with Crippen molar-refractivity contribution >= 4 is 15.9 Å². The first-order valence-corrected chi connectivity index (χ1v) is 11.1. The summed E-state index contributed by atoms with van der Waals surface area (Å²) in [5.74, 6) is -1.47. The van der Waals surface area contributed by atoms with Crippen LogP contribution in [0.2, 0.25) is 0 Å². The summed E-state index contributed by atoms with van der Waals surface area (Å²) in [4.78, 5) is 12.2. The molecule has 2 aliphatic heterocycles. The largest absolute Gasteiger partial charge is 0.349 e. The highest BCUT2D eigenvalue weighted by molar-refractivity contribution is 7.89. The summed E-state index contributed by atoms with van der Waals surface area (Å²) >= 11 is 0. The number of piperidine rings is 2. The first-order valence-electron chi connectivity index (χ1n) is 9.71. The van der Waals surface area contributed by atoms with Crippen LogP contribution in [0.25, 0.3) is 0 Å². The van der Waals surface area contributed by atoms with Crippen LogP contribution in [-0.4, -0.2) is 36.8 Å². The summed E-state index contributed by atoms with van der Waals surface area (Å²) < 4.78 is 55.0. The first-order chi connectivity index (χ1) is 13.9. The minimum Gasteiger partial charge on any atom is -0.349 e. The number of rotatable bonds is 4. The van der Waals surface area contributed by atoms with Gasteiger partial charge in [-0.1, -0.05) is 18.6 Å². The van der Waals surface area contributed by atoms with Gasteiger partial charge in [-0.15, -0.1) is 0 Å². The zero-order chi connectivity index (χ0) is 20.6. The summed E-state index contributed by atoms with van der Waals surface area (Å²) in [6.45, 7) is 0. The zero-order valence-corrected chi connectivity index (χ0v) is 16.5. The molecule has 29 heavy (non-hydrogen) atoms. The predicted octanol–water partition coefficient (Wildman–Crippen LogP) is 3.47. The summed E-state index contributed by atoms with van der Waals surface area (Å²) in [5, 5.41) is 2.95. The maximum atomic E-state index is 14.2. The van der Waals surface area contributed by atoms with Crippen molar-refractivity contribution in [2.45, 2.75) is 55.1 Å². The molecule has 2 aromatic rings. The third-order valence-electron chi connectivity index (χ3n) is 5.74. The molecule has 2 fully saturated rings. The molecule has 1 N–H and O–H groups in total. The highest BCUT2D eigenvalue weighted by atomic mass is 32.2. The van der Waals surface area contributed by atoms with Gasteiger partial charge < -0.3 is 5.32 Å². The standard InChI is InChI=1S/C21H22F2N2O3S/c22-15-10-8-14(9-11-15)21(26)24-16-12-17-4-3-5-18(13-16)25(17)29(27,28)20-7-2-1-6-19(20)23/h1-2,6-11,16-18H,3-5,12-13H2,(H,24,26)/t17-,18-/m0/s1. The van der Waals surface area contributed by atoms with Crippen LogP contribution in [0.5, 0.6) is 0 Å². The van der Waals surface area contributed by atoms with E-state index in [-0.39, 0.29) is 28.9 Å². The molecular formula is C21H22F2N2O3S. The summed E-state index contributed by atoms with van der Waals surface area (Å²) in [7, 11) is -3.96. The van der Waals surface area contributed by atoms with E-state index in [1.165, 1.54) is 46.8 Å². The normalized spacial score (nSPS) is 24.8. The Morgan fingerprint density at radius 1 is 0.966 bits per heavy atom. The molecule has 0 aliphatic carbocycles. The van der Waals surface area contributed by atoms with Gasteiger partial charge in [-0.25, -0.2) is 17.2 Å². The highest BCUT2D eigenvalue weighted by Crippen LogP contribution is 2.38. The van der Waals surface area contributed by atoms with E-state index < -0.39 is 21.7 Å². The monoisotopic (exact) mass is 420 g/mol. The average molecular weight is 420 g/mol. The summed E-state index contributed by atoms with van der Waals surface area (Å²) in [6.07, 6.45) is 3.19. The van der Waals surface area contributed by atoms with Crippen LogP contribution < -0.4 is 5.32 Å². The summed E-state index contributed by atoms with van der Waals surface area (Å²) in [6, 6.07) is 9.97. The lowest BCUT2D eigenvalue weighted by Gasteiger charge is -2.47. The molecule has 1 amide bonds. The maximum Gasteiger partial charge on any atom is 0.251 e. The van der Waals surface area contributed by atoms with Gasteiger partial charge in [-0.2, -0.15) is 4.31 Å². The number of hydrogen-bond acceptors (Lipinski definition) is 3. The molecular weight excluding hydrogens is 398 g/mol. The Balaban J connectivity index is 1.53. The van der Waals surface area contributed by atoms with Crippen molar-refractivity contribution in [3.05, 3.63) is 65.7 Å². The van der Waals surface area contributed by atoms with Crippen molar-refractivity contribution in [1.82, 2.24) is 9.62 Å². The number of carbonyl (C=O) groups excluding carboxylic acids is 1. The van der Waals surface area contributed by atoms with Crippen molar-refractivity contribution in [1.29, 1.82) is 0 Å². The van der Waals surface area contributed by atoms with Crippen LogP contribution in [0.3, 0.4) is 0 Å². The third-order valence-corrected chi connectivity index (χ3v) is 7.78. The number of nitrogens with one attached hydrogen (secondary N) is 1. The minimum atomic E-state index is -3.96. The molecule has 8 heteroatoms. The van der Waals surface area contributed by atoms with E-state index in [1.54, 1.807) is 0 Å². The van der Waals surface area contributed by atoms with Crippen molar-refractivity contribution in [3.8, 4) is 0 Å². The number of halogens is 2. The predicted molar refractivity (Wildman–Crippen MR) is 104 cm³/mol. The van der Waals surface area contributed by atoms with E-state index >= 15 is 0 Å². The van der Waals surface area contributed by atoms with Crippen LogP contribution >= 0.6 is 0 Å². The number of hydrogen-bond donors (Lipinski definition) is 1. The van der Waals surface area contributed by atoms with Gasteiger partial charge >= 0.3 is 0 Å². The Hall–Kier alpha value is -2.32. The van der Waals surface area contributed by atoms with Gasteiger partial charge in [0.15, 0.2) is 0 Å². The third kappa shape index (κ3) is 3.91. The SMILES string of the molecule is O=C(NC1C[C@@H]2CCC[C@@H](C1)N2S(=O)(=O)c1ccccc1F)c1ccc(F)cc1. The zero-order valence-electron chi connectivity index (χ0n) is 15.7. The molecule has 2 heterocycles. The molecule has 2 atom stereocenters. The minimum absolute atomic E-state index is 0.185. The van der Waals surface area contributed by atoms with Crippen LogP contribution in [0, 0.1) is 11.6 Å². The van der Waals surface area contributed by atoms with Crippen molar-refractivity contribution < 1.29 is 22.0 Å². The molecule has 5 nitrogen and oxygen atoms in total. The van der Waals surface area contributed by atoms with E-state index in [2.05, 4.69) is 5.32 Å². The number of amides is 1. The van der Waals surface area contributed by atoms with Gasteiger partial charge in [0.05, 0.1) is 0 Å². The molecule has 0 saturated carbocycles. The molecule has 2 aliphatic rings. The molecule has 0 aromatic heterocycles.